The van der Waals surface area contributed by atoms with Gasteiger partial charge in [-0.05, 0) is 19.2 Å². The number of para-hydroxylation sites is 1. The van der Waals surface area contributed by atoms with Gasteiger partial charge in [-0.2, -0.15) is 0 Å². The Morgan fingerprint density at radius 1 is 1.47 bits per heavy atom. The third-order valence-electron chi connectivity index (χ3n) is 2.46. The van der Waals surface area contributed by atoms with Crippen LogP contribution in [0, 0.1) is 0 Å². The maximum Gasteiger partial charge on any atom is 0.236 e. The fourth-order valence-corrected chi connectivity index (χ4v) is 2.59. The first kappa shape index (κ1) is 12.0. The van der Waals surface area contributed by atoms with Gasteiger partial charge in [-0.25, -0.2) is 4.98 Å². The van der Waals surface area contributed by atoms with Crippen LogP contribution in [0.1, 0.15) is 5.01 Å². The molecule has 5 heteroatoms. The minimum atomic E-state index is 0.0757. The summed E-state index contributed by atoms with van der Waals surface area (Å²) in [6, 6.07) is 8.01. The zero-order chi connectivity index (χ0) is 12.3. The molecule has 1 aromatic carbocycles. The van der Waals surface area contributed by atoms with Crippen LogP contribution in [0.5, 0.6) is 0 Å². The smallest absolute Gasteiger partial charge is 0.236 e. The van der Waals surface area contributed by atoms with Crippen LogP contribution in [-0.2, 0) is 11.3 Å². The van der Waals surface area contributed by atoms with Gasteiger partial charge >= 0.3 is 0 Å². The van der Waals surface area contributed by atoms with Crippen molar-refractivity contribution in [2.45, 2.75) is 6.54 Å². The lowest BCUT2D eigenvalue weighted by atomic mass is 10.3. The molecule has 1 aromatic heterocycles. The molecule has 0 bridgehead atoms. The van der Waals surface area contributed by atoms with Crippen molar-refractivity contribution in [1.82, 2.24) is 15.2 Å². The standard InChI is InChI=1S/C12H15N3OS/c1-13-7-12(16)15(2)8-11-14-9-5-3-4-6-10(9)17-11/h3-6,13H,7-8H2,1-2H3. The SMILES string of the molecule is CNCC(=O)N(C)Cc1nc2ccccc2s1. The summed E-state index contributed by atoms with van der Waals surface area (Å²) in [7, 11) is 3.56. The number of nitrogens with zero attached hydrogens (tertiary/aromatic N) is 2. The molecule has 0 aliphatic heterocycles. The normalized spacial score (nSPS) is 10.7. The fourth-order valence-electron chi connectivity index (χ4n) is 1.56. The molecule has 0 atom stereocenters. The molecule has 0 radical (unpaired) electrons. The molecule has 2 aromatic rings. The van der Waals surface area contributed by atoms with Gasteiger partial charge in [0.1, 0.15) is 5.01 Å². The Morgan fingerprint density at radius 2 is 2.24 bits per heavy atom. The molecule has 0 saturated heterocycles. The second kappa shape index (κ2) is 5.25. The number of carbonyl (C=O) groups excluding carboxylic acids is 1. The first-order chi connectivity index (χ1) is 8.20. The second-order valence-electron chi connectivity index (χ2n) is 3.86. The third-order valence-corrected chi connectivity index (χ3v) is 3.49. The Labute approximate surface area is 104 Å². The quantitative estimate of drug-likeness (QED) is 0.892. The molecule has 1 N–H and O–H groups in total. The molecule has 0 spiro atoms. The predicted octanol–water partition coefficient (Wildman–Crippen LogP) is 1.47. The van der Waals surface area contributed by atoms with Gasteiger partial charge < -0.3 is 10.2 Å². The van der Waals surface area contributed by atoms with Crippen LogP contribution < -0.4 is 5.32 Å². The minimum absolute atomic E-state index is 0.0757. The highest BCUT2D eigenvalue weighted by molar-refractivity contribution is 7.18. The number of rotatable bonds is 4. The number of amides is 1. The van der Waals surface area contributed by atoms with Gasteiger partial charge in [-0.3, -0.25) is 4.79 Å². The Balaban J connectivity index is 2.10. The van der Waals surface area contributed by atoms with Crippen molar-refractivity contribution in [3.8, 4) is 0 Å². The van der Waals surface area contributed by atoms with Crippen molar-refractivity contribution in [3.63, 3.8) is 0 Å². The van der Waals surface area contributed by atoms with Crippen LogP contribution in [-0.4, -0.2) is 36.4 Å². The molecule has 0 fully saturated rings. The fraction of sp³-hybridized carbons (Fsp3) is 0.333. The average Bonchev–Trinajstić information content (AvgIpc) is 2.71. The molecule has 0 aliphatic rings. The predicted molar refractivity (Wildman–Crippen MR) is 70.0 cm³/mol. The van der Waals surface area contributed by atoms with Crippen LogP contribution in [0.15, 0.2) is 24.3 Å². The van der Waals surface area contributed by atoms with Crippen molar-refractivity contribution in [2.24, 2.45) is 0 Å². The van der Waals surface area contributed by atoms with Crippen molar-refractivity contribution >= 4 is 27.5 Å². The lowest BCUT2D eigenvalue weighted by Gasteiger charge is -2.14. The molecule has 0 aliphatic carbocycles. The van der Waals surface area contributed by atoms with E-state index in [1.54, 1.807) is 30.3 Å². The van der Waals surface area contributed by atoms with Gasteiger partial charge in [-0.1, -0.05) is 12.1 Å². The summed E-state index contributed by atoms with van der Waals surface area (Å²) in [6.45, 7) is 0.932. The van der Waals surface area contributed by atoms with Gasteiger partial charge in [0.05, 0.1) is 23.3 Å². The molecule has 17 heavy (non-hydrogen) atoms. The van der Waals surface area contributed by atoms with Gasteiger partial charge in [0.15, 0.2) is 0 Å². The number of likely N-dealkylation sites (N-methyl/N-ethyl adjacent to an activating group) is 2. The summed E-state index contributed by atoms with van der Waals surface area (Å²) in [5.74, 6) is 0.0757. The summed E-state index contributed by atoms with van der Waals surface area (Å²) in [5, 5.41) is 3.82. The van der Waals surface area contributed by atoms with E-state index < -0.39 is 0 Å². The first-order valence-corrected chi connectivity index (χ1v) is 6.25. The maximum atomic E-state index is 11.6. The van der Waals surface area contributed by atoms with Gasteiger partial charge in [0, 0.05) is 7.05 Å². The Hall–Kier alpha value is -1.46. The topological polar surface area (TPSA) is 45.2 Å². The number of benzene rings is 1. The molecule has 2 rings (SSSR count). The maximum absolute atomic E-state index is 11.6. The number of nitrogens with one attached hydrogen (secondary N) is 1. The monoisotopic (exact) mass is 249 g/mol. The lowest BCUT2D eigenvalue weighted by Crippen LogP contribution is -2.33. The van der Waals surface area contributed by atoms with Crippen molar-refractivity contribution in [2.75, 3.05) is 20.6 Å². The summed E-state index contributed by atoms with van der Waals surface area (Å²) in [6.07, 6.45) is 0. The summed E-state index contributed by atoms with van der Waals surface area (Å²) >= 11 is 1.64. The van der Waals surface area contributed by atoms with E-state index in [2.05, 4.69) is 10.3 Å². The Morgan fingerprint density at radius 3 is 2.94 bits per heavy atom. The molecule has 1 amide bonds. The highest BCUT2D eigenvalue weighted by Gasteiger charge is 2.10. The van der Waals surface area contributed by atoms with E-state index in [1.807, 2.05) is 24.3 Å². The lowest BCUT2D eigenvalue weighted by molar-refractivity contribution is -0.129. The number of thiazole rings is 1. The zero-order valence-corrected chi connectivity index (χ0v) is 10.8. The van der Waals surface area contributed by atoms with Gasteiger partial charge in [0.2, 0.25) is 5.91 Å². The second-order valence-corrected chi connectivity index (χ2v) is 4.97. The number of hydrogen-bond donors (Lipinski definition) is 1. The summed E-state index contributed by atoms with van der Waals surface area (Å²) in [5.41, 5.74) is 1.00. The number of aromatic nitrogens is 1. The third kappa shape index (κ3) is 2.81. The Bertz CT molecular complexity index is 490. The van der Waals surface area contributed by atoms with Crippen molar-refractivity contribution < 1.29 is 4.79 Å². The van der Waals surface area contributed by atoms with E-state index in [0.29, 0.717) is 13.1 Å². The van der Waals surface area contributed by atoms with E-state index in [1.165, 1.54) is 0 Å². The van der Waals surface area contributed by atoms with Crippen molar-refractivity contribution in [1.29, 1.82) is 0 Å². The number of carbonyl (C=O) groups is 1. The first-order valence-electron chi connectivity index (χ1n) is 5.43. The molecular formula is C12H15N3OS. The molecule has 0 saturated carbocycles. The van der Waals surface area contributed by atoms with Crippen LogP contribution in [0.4, 0.5) is 0 Å². The average molecular weight is 249 g/mol. The summed E-state index contributed by atoms with van der Waals surface area (Å²) in [4.78, 5) is 17.8. The van der Waals surface area contributed by atoms with Crippen molar-refractivity contribution in [3.05, 3.63) is 29.3 Å². The minimum Gasteiger partial charge on any atom is -0.338 e. The van der Waals surface area contributed by atoms with Crippen LogP contribution in [0.2, 0.25) is 0 Å². The van der Waals surface area contributed by atoms with Crippen LogP contribution in [0.25, 0.3) is 10.2 Å². The van der Waals surface area contributed by atoms with E-state index in [4.69, 9.17) is 0 Å². The van der Waals surface area contributed by atoms with E-state index in [-0.39, 0.29) is 5.91 Å². The van der Waals surface area contributed by atoms with E-state index in [9.17, 15) is 4.79 Å². The zero-order valence-electron chi connectivity index (χ0n) is 9.93. The molecule has 90 valence electrons. The Kier molecular flexibility index (Phi) is 3.71. The highest BCUT2D eigenvalue weighted by atomic mass is 32.1. The largest absolute Gasteiger partial charge is 0.338 e. The molecule has 0 unspecified atom stereocenters. The summed E-state index contributed by atoms with van der Waals surface area (Å²) < 4.78 is 1.16. The molecule has 1 heterocycles. The highest BCUT2D eigenvalue weighted by Crippen LogP contribution is 2.22. The number of fused-ring (bicyclic) bond motifs is 1. The van der Waals surface area contributed by atoms with E-state index >= 15 is 0 Å². The van der Waals surface area contributed by atoms with Crippen LogP contribution >= 0.6 is 11.3 Å². The van der Waals surface area contributed by atoms with Gasteiger partial charge in [0.25, 0.3) is 0 Å². The number of hydrogen-bond acceptors (Lipinski definition) is 4. The molecular weight excluding hydrogens is 234 g/mol. The molecule has 4 nitrogen and oxygen atoms in total. The van der Waals surface area contributed by atoms with Crippen LogP contribution in [0.3, 0.4) is 0 Å². The van der Waals surface area contributed by atoms with E-state index in [0.717, 1.165) is 15.2 Å². The van der Waals surface area contributed by atoms with Gasteiger partial charge in [-0.15, -0.1) is 11.3 Å².